The minimum atomic E-state index is -0.502. The molecule has 0 N–H and O–H groups in total. The number of halogens is 1. The minimum Gasteiger partial charge on any atom is -0.449 e. The average Bonchev–Trinajstić information content (AvgIpc) is 2.92. The van der Waals surface area contributed by atoms with Gasteiger partial charge in [-0.15, -0.1) is 0 Å². The molecule has 8 heteroatoms. The molecule has 0 unspecified atom stereocenters. The maximum atomic E-state index is 13.6. The molecule has 202 valence electrons. The van der Waals surface area contributed by atoms with E-state index in [0.29, 0.717) is 26.1 Å². The fourth-order valence-electron chi connectivity index (χ4n) is 4.71. The van der Waals surface area contributed by atoms with Crippen molar-refractivity contribution in [3.8, 4) is 0 Å². The Bertz CT molecular complexity index is 964. The SMILES string of the molecule is COC(CN(C(=O)CCOC(=O)N(CCc1cccc(F)c1)Cc1ccccc1)C1CCCCC1)OC. The number of carbonyl (C=O) groups excluding carboxylic acids is 2. The van der Waals surface area contributed by atoms with E-state index in [2.05, 4.69) is 0 Å². The molecule has 0 aliphatic heterocycles. The summed E-state index contributed by atoms with van der Waals surface area (Å²) in [5.41, 5.74) is 1.76. The summed E-state index contributed by atoms with van der Waals surface area (Å²) >= 11 is 0. The first kappa shape index (κ1) is 28.6. The highest BCUT2D eigenvalue weighted by atomic mass is 19.1. The second-order valence-electron chi connectivity index (χ2n) is 9.39. The first-order chi connectivity index (χ1) is 18.0. The molecule has 37 heavy (non-hydrogen) atoms. The number of methoxy groups -OCH3 is 2. The predicted molar refractivity (Wildman–Crippen MR) is 139 cm³/mol. The van der Waals surface area contributed by atoms with Crippen LogP contribution in [0.2, 0.25) is 0 Å². The Kier molecular flexibility index (Phi) is 11.8. The molecule has 0 heterocycles. The molecule has 0 aromatic heterocycles. The van der Waals surface area contributed by atoms with Crippen LogP contribution in [-0.2, 0) is 32.0 Å². The quantitative estimate of drug-likeness (QED) is 0.345. The third-order valence-corrected chi connectivity index (χ3v) is 6.78. The van der Waals surface area contributed by atoms with Crippen LogP contribution in [0.3, 0.4) is 0 Å². The van der Waals surface area contributed by atoms with E-state index in [0.717, 1.165) is 36.8 Å². The molecule has 2 aromatic rings. The van der Waals surface area contributed by atoms with Gasteiger partial charge >= 0.3 is 6.09 Å². The largest absolute Gasteiger partial charge is 0.449 e. The molecule has 0 saturated heterocycles. The van der Waals surface area contributed by atoms with E-state index in [1.54, 1.807) is 25.2 Å². The van der Waals surface area contributed by atoms with E-state index < -0.39 is 12.4 Å². The smallest absolute Gasteiger partial charge is 0.410 e. The van der Waals surface area contributed by atoms with Gasteiger partial charge in [0.25, 0.3) is 0 Å². The highest BCUT2D eigenvalue weighted by molar-refractivity contribution is 5.77. The molecule has 1 fully saturated rings. The molecule has 0 radical (unpaired) electrons. The van der Waals surface area contributed by atoms with Gasteiger partial charge in [-0.05, 0) is 42.5 Å². The van der Waals surface area contributed by atoms with Crippen molar-refractivity contribution in [2.45, 2.75) is 63.8 Å². The van der Waals surface area contributed by atoms with Gasteiger partial charge in [0.05, 0.1) is 13.0 Å². The molecule has 0 atom stereocenters. The summed E-state index contributed by atoms with van der Waals surface area (Å²) in [6.07, 6.45) is 4.85. The lowest BCUT2D eigenvalue weighted by atomic mass is 9.94. The zero-order chi connectivity index (χ0) is 26.5. The molecular formula is C29H39FN2O5. The van der Waals surface area contributed by atoms with Crippen LogP contribution >= 0.6 is 0 Å². The first-order valence-corrected chi connectivity index (χ1v) is 13.0. The Morgan fingerprint density at radius 3 is 2.35 bits per heavy atom. The number of ether oxygens (including phenoxy) is 3. The van der Waals surface area contributed by atoms with Gasteiger partial charge in [0.2, 0.25) is 5.91 Å². The summed E-state index contributed by atoms with van der Waals surface area (Å²) < 4.78 is 29.8. The third kappa shape index (κ3) is 9.44. The Morgan fingerprint density at radius 2 is 1.68 bits per heavy atom. The molecule has 1 aliphatic rings. The lowest BCUT2D eigenvalue weighted by Crippen LogP contribution is -2.46. The van der Waals surface area contributed by atoms with Gasteiger partial charge in [-0.3, -0.25) is 4.79 Å². The van der Waals surface area contributed by atoms with Gasteiger partial charge in [0.1, 0.15) is 12.4 Å². The van der Waals surface area contributed by atoms with Gasteiger partial charge in [-0.1, -0.05) is 61.7 Å². The summed E-state index contributed by atoms with van der Waals surface area (Å²) in [7, 11) is 3.12. The standard InChI is InChI=1S/C29H39FN2O5/c1-35-28(36-2)22-32(26-14-7-4-8-15-26)27(33)17-19-37-29(34)31(21-24-10-5-3-6-11-24)18-16-23-12-9-13-25(30)20-23/h3,5-6,9-13,20,26,28H,4,7-8,14-19,21-22H2,1-2H3. The molecule has 3 rings (SSSR count). The Balaban J connectivity index is 1.59. The molecule has 0 bridgehead atoms. The van der Waals surface area contributed by atoms with Crippen LogP contribution in [0.5, 0.6) is 0 Å². The van der Waals surface area contributed by atoms with Crippen LogP contribution < -0.4 is 0 Å². The Morgan fingerprint density at radius 1 is 0.973 bits per heavy atom. The van der Waals surface area contributed by atoms with Crippen LogP contribution in [0.4, 0.5) is 9.18 Å². The summed E-state index contributed by atoms with van der Waals surface area (Å²) in [4.78, 5) is 29.6. The molecule has 2 aromatic carbocycles. The number of rotatable bonds is 13. The number of hydrogen-bond donors (Lipinski definition) is 0. The van der Waals surface area contributed by atoms with Crippen LogP contribution in [0.15, 0.2) is 54.6 Å². The van der Waals surface area contributed by atoms with E-state index in [1.807, 2.05) is 41.3 Å². The van der Waals surface area contributed by atoms with Crippen LogP contribution in [0.1, 0.15) is 49.7 Å². The van der Waals surface area contributed by atoms with Gasteiger partial charge in [-0.25, -0.2) is 9.18 Å². The van der Waals surface area contributed by atoms with Crippen LogP contribution in [0.25, 0.3) is 0 Å². The van der Waals surface area contributed by atoms with Crippen molar-refractivity contribution >= 4 is 12.0 Å². The highest BCUT2D eigenvalue weighted by Crippen LogP contribution is 2.24. The number of carbonyl (C=O) groups is 2. The van der Waals surface area contributed by atoms with Crippen molar-refractivity contribution < 1.29 is 28.2 Å². The average molecular weight is 515 g/mol. The van der Waals surface area contributed by atoms with E-state index in [1.165, 1.54) is 18.6 Å². The summed E-state index contributed by atoms with van der Waals surface area (Å²) in [6.45, 7) is 1.05. The summed E-state index contributed by atoms with van der Waals surface area (Å²) in [6, 6.07) is 16.1. The van der Waals surface area contributed by atoms with Crippen molar-refractivity contribution in [3.63, 3.8) is 0 Å². The molecule has 1 aliphatic carbocycles. The number of benzene rings is 2. The normalized spacial score (nSPS) is 13.9. The fraction of sp³-hybridized carbons (Fsp3) is 0.517. The van der Waals surface area contributed by atoms with Crippen LogP contribution in [0, 0.1) is 5.82 Å². The third-order valence-electron chi connectivity index (χ3n) is 6.78. The van der Waals surface area contributed by atoms with E-state index in [9.17, 15) is 14.0 Å². The van der Waals surface area contributed by atoms with E-state index in [-0.39, 0.29) is 30.8 Å². The van der Waals surface area contributed by atoms with Crippen molar-refractivity contribution in [3.05, 3.63) is 71.5 Å². The van der Waals surface area contributed by atoms with Crippen molar-refractivity contribution in [1.82, 2.24) is 9.80 Å². The van der Waals surface area contributed by atoms with Crippen LogP contribution in [-0.4, -0.2) is 68.0 Å². The maximum absolute atomic E-state index is 13.6. The predicted octanol–water partition coefficient (Wildman–Crippen LogP) is 5.18. The fourth-order valence-corrected chi connectivity index (χ4v) is 4.71. The number of amides is 2. The Hall–Kier alpha value is -2.97. The van der Waals surface area contributed by atoms with Gasteiger partial charge < -0.3 is 24.0 Å². The molecule has 2 amide bonds. The van der Waals surface area contributed by atoms with Crippen molar-refractivity contribution in [2.75, 3.05) is 33.9 Å². The zero-order valence-corrected chi connectivity index (χ0v) is 21.9. The molecule has 7 nitrogen and oxygen atoms in total. The summed E-state index contributed by atoms with van der Waals surface area (Å²) in [5.74, 6) is -0.381. The lowest BCUT2D eigenvalue weighted by molar-refractivity contribution is -0.151. The second-order valence-corrected chi connectivity index (χ2v) is 9.39. The molecule has 1 saturated carbocycles. The summed E-state index contributed by atoms with van der Waals surface area (Å²) in [5, 5.41) is 0. The second kappa shape index (κ2) is 15.3. The van der Waals surface area contributed by atoms with Gasteiger partial charge in [-0.2, -0.15) is 0 Å². The maximum Gasteiger partial charge on any atom is 0.410 e. The number of nitrogens with zero attached hydrogens (tertiary/aromatic N) is 2. The van der Waals surface area contributed by atoms with E-state index in [4.69, 9.17) is 14.2 Å². The highest BCUT2D eigenvalue weighted by Gasteiger charge is 2.28. The number of hydrogen-bond acceptors (Lipinski definition) is 5. The van der Waals surface area contributed by atoms with Crippen molar-refractivity contribution in [1.29, 1.82) is 0 Å². The topological polar surface area (TPSA) is 68.3 Å². The van der Waals surface area contributed by atoms with Gasteiger partial charge in [0.15, 0.2) is 6.29 Å². The monoisotopic (exact) mass is 514 g/mol. The zero-order valence-electron chi connectivity index (χ0n) is 21.9. The van der Waals surface area contributed by atoms with Crippen molar-refractivity contribution in [2.24, 2.45) is 0 Å². The molecule has 0 spiro atoms. The first-order valence-electron chi connectivity index (χ1n) is 13.0. The minimum absolute atomic E-state index is 0.0171. The Labute approximate surface area is 219 Å². The lowest BCUT2D eigenvalue weighted by Gasteiger charge is -2.36. The van der Waals surface area contributed by atoms with E-state index >= 15 is 0 Å². The molecular weight excluding hydrogens is 475 g/mol. The van der Waals surface area contributed by atoms with Gasteiger partial charge in [0, 0.05) is 33.4 Å².